The number of nitrogens with zero attached hydrogens (tertiary/aromatic N) is 5. The van der Waals surface area contributed by atoms with Gasteiger partial charge in [0.25, 0.3) is 0 Å². The molecular formula is C14H15N5OS. The van der Waals surface area contributed by atoms with Crippen LogP contribution in [-0.4, -0.2) is 50.7 Å². The summed E-state index contributed by atoms with van der Waals surface area (Å²) < 4.78 is 1.70. The molecule has 0 saturated carbocycles. The number of hydrogen-bond donors (Lipinski definition) is 0. The zero-order valence-corrected chi connectivity index (χ0v) is 12.8. The second-order valence-electron chi connectivity index (χ2n) is 4.96. The second-order valence-corrected chi connectivity index (χ2v) is 6.03. The van der Waals surface area contributed by atoms with E-state index in [1.165, 1.54) is 11.8 Å². The summed E-state index contributed by atoms with van der Waals surface area (Å²) in [4.78, 5) is 13.7. The maximum Gasteiger partial charge on any atom is 0.241 e. The highest BCUT2D eigenvalue weighted by Gasteiger charge is 2.31. The SMILES string of the molecule is CC1=Nn2c(nnc2-c2ccccc2)S[C@H]1C(=O)N(C)C. The van der Waals surface area contributed by atoms with Gasteiger partial charge >= 0.3 is 0 Å². The van der Waals surface area contributed by atoms with Gasteiger partial charge in [0.2, 0.25) is 11.1 Å². The minimum absolute atomic E-state index is 0.0109. The van der Waals surface area contributed by atoms with Crippen molar-refractivity contribution in [3.8, 4) is 11.4 Å². The third-order valence-electron chi connectivity index (χ3n) is 3.17. The normalized spacial score (nSPS) is 17.1. The van der Waals surface area contributed by atoms with E-state index in [0.717, 1.165) is 11.3 Å². The van der Waals surface area contributed by atoms with E-state index in [0.29, 0.717) is 11.0 Å². The number of rotatable bonds is 2. The first-order valence-corrected chi connectivity index (χ1v) is 7.40. The lowest BCUT2D eigenvalue weighted by molar-refractivity contribution is -0.126. The highest BCUT2D eigenvalue weighted by Crippen LogP contribution is 2.31. The number of benzene rings is 1. The molecule has 2 heterocycles. The monoisotopic (exact) mass is 301 g/mol. The summed E-state index contributed by atoms with van der Waals surface area (Å²) in [7, 11) is 3.48. The number of aromatic nitrogens is 3. The van der Waals surface area contributed by atoms with Gasteiger partial charge in [-0.1, -0.05) is 42.1 Å². The lowest BCUT2D eigenvalue weighted by atomic mass is 10.2. The molecule has 0 bridgehead atoms. The van der Waals surface area contributed by atoms with Gasteiger partial charge in [0, 0.05) is 19.7 Å². The van der Waals surface area contributed by atoms with E-state index in [2.05, 4.69) is 15.3 Å². The first-order chi connectivity index (χ1) is 10.1. The average Bonchev–Trinajstić information content (AvgIpc) is 2.89. The predicted octanol–water partition coefficient (Wildman–Crippen LogP) is 1.73. The van der Waals surface area contributed by atoms with Gasteiger partial charge in [0.15, 0.2) is 5.82 Å². The molecular weight excluding hydrogens is 286 g/mol. The summed E-state index contributed by atoms with van der Waals surface area (Å²) in [6.07, 6.45) is 0. The zero-order valence-electron chi connectivity index (χ0n) is 12.0. The molecule has 0 radical (unpaired) electrons. The zero-order chi connectivity index (χ0) is 15.0. The highest BCUT2D eigenvalue weighted by molar-refractivity contribution is 8.01. The topological polar surface area (TPSA) is 63.4 Å². The summed E-state index contributed by atoms with van der Waals surface area (Å²) in [6, 6.07) is 9.77. The lowest BCUT2D eigenvalue weighted by Crippen LogP contribution is -2.37. The molecule has 21 heavy (non-hydrogen) atoms. The Hall–Kier alpha value is -2.15. The van der Waals surface area contributed by atoms with Gasteiger partial charge in [-0.2, -0.15) is 9.78 Å². The van der Waals surface area contributed by atoms with Crippen LogP contribution in [0.15, 0.2) is 40.6 Å². The van der Waals surface area contributed by atoms with Crippen LogP contribution < -0.4 is 0 Å². The minimum atomic E-state index is -0.333. The molecule has 0 spiro atoms. The van der Waals surface area contributed by atoms with Crippen LogP contribution >= 0.6 is 11.8 Å². The van der Waals surface area contributed by atoms with Crippen LogP contribution in [0.5, 0.6) is 0 Å². The van der Waals surface area contributed by atoms with Crippen molar-refractivity contribution in [3.63, 3.8) is 0 Å². The fourth-order valence-corrected chi connectivity index (χ4v) is 3.12. The molecule has 0 aliphatic carbocycles. The van der Waals surface area contributed by atoms with E-state index < -0.39 is 0 Å². The van der Waals surface area contributed by atoms with Crippen molar-refractivity contribution in [1.82, 2.24) is 19.8 Å². The molecule has 1 atom stereocenters. The van der Waals surface area contributed by atoms with Crippen LogP contribution in [0.1, 0.15) is 6.92 Å². The molecule has 1 aliphatic heterocycles. The van der Waals surface area contributed by atoms with Crippen LogP contribution in [-0.2, 0) is 4.79 Å². The Balaban J connectivity index is 2.00. The number of hydrogen-bond acceptors (Lipinski definition) is 5. The second kappa shape index (κ2) is 5.33. The van der Waals surface area contributed by atoms with E-state index in [9.17, 15) is 4.79 Å². The third kappa shape index (κ3) is 2.44. The summed E-state index contributed by atoms with van der Waals surface area (Å²) in [5.74, 6) is 0.699. The smallest absolute Gasteiger partial charge is 0.241 e. The summed E-state index contributed by atoms with van der Waals surface area (Å²) >= 11 is 1.38. The van der Waals surface area contributed by atoms with Crippen molar-refractivity contribution >= 4 is 23.4 Å². The van der Waals surface area contributed by atoms with Gasteiger partial charge in [-0.05, 0) is 6.92 Å². The lowest BCUT2D eigenvalue weighted by Gasteiger charge is -2.22. The van der Waals surface area contributed by atoms with E-state index in [4.69, 9.17) is 0 Å². The number of thioether (sulfide) groups is 1. The first kappa shape index (κ1) is 13.8. The van der Waals surface area contributed by atoms with Crippen LogP contribution in [0.25, 0.3) is 11.4 Å². The number of carbonyl (C=O) groups is 1. The van der Waals surface area contributed by atoms with E-state index >= 15 is 0 Å². The molecule has 0 saturated heterocycles. The molecule has 0 unspecified atom stereocenters. The van der Waals surface area contributed by atoms with Gasteiger partial charge in [0.05, 0.1) is 5.71 Å². The number of amides is 1. The van der Waals surface area contributed by atoms with Crippen molar-refractivity contribution in [3.05, 3.63) is 30.3 Å². The van der Waals surface area contributed by atoms with Crippen LogP contribution in [0.3, 0.4) is 0 Å². The fourth-order valence-electron chi connectivity index (χ4n) is 2.06. The Morgan fingerprint density at radius 3 is 2.62 bits per heavy atom. The quantitative estimate of drug-likeness (QED) is 0.847. The van der Waals surface area contributed by atoms with Crippen LogP contribution in [0, 0.1) is 0 Å². The average molecular weight is 301 g/mol. The molecule has 108 valence electrons. The maximum atomic E-state index is 12.2. The van der Waals surface area contributed by atoms with Crippen LogP contribution in [0.2, 0.25) is 0 Å². The molecule has 1 amide bonds. The third-order valence-corrected chi connectivity index (χ3v) is 4.41. The minimum Gasteiger partial charge on any atom is -0.348 e. The standard InChI is InChI=1S/C14H15N5OS/c1-9-11(13(20)18(2)3)21-14-16-15-12(19(14)17-9)10-7-5-4-6-8-10/h4-8,11H,1-3H3/t11-/m1/s1. The Kier molecular flexibility index (Phi) is 3.50. The van der Waals surface area contributed by atoms with Crippen molar-refractivity contribution in [1.29, 1.82) is 0 Å². The van der Waals surface area contributed by atoms with E-state index in [1.54, 1.807) is 23.7 Å². The Morgan fingerprint density at radius 2 is 1.95 bits per heavy atom. The predicted molar refractivity (Wildman–Crippen MR) is 82.3 cm³/mol. The van der Waals surface area contributed by atoms with Gasteiger partial charge in [-0.3, -0.25) is 4.79 Å². The maximum absolute atomic E-state index is 12.2. The molecule has 0 fully saturated rings. The Morgan fingerprint density at radius 1 is 1.24 bits per heavy atom. The van der Waals surface area contributed by atoms with Crippen molar-refractivity contribution in [2.45, 2.75) is 17.3 Å². The fraction of sp³-hybridized carbons (Fsp3) is 0.286. The number of fused-ring (bicyclic) bond motifs is 1. The van der Waals surface area contributed by atoms with Crippen LogP contribution in [0.4, 0.5) is 0 Å². The first-order valence-electron chi connectivity index (χ1n) is 6.52. The summed E-state index contributed by atoms with van der Waals surface area (Å²) in [6.45, 7) is 1.86. The van der Waals surface area contributed by atoms with Gasteiger partial charge < -0.3 is 4.90 Å². The molecule has 1 aliphatic rings. The molecule has 2 aromatic rings. The molecule has 7 heteroatoms. The van der Waals surface area contributed by atoms with Gasteiger partial charge in [0.1, 0.15) is 5.25 Å². The van der Waals surface area contributed by atoms with Gasteiger partial charge in [-0.25, -0.2) is 0 Å². The molecule has 1 aromatic heterocycles. The molecule has 0 N–H and O–H groups in total. The molecule has 1 aromatic carbocycles. The highest BCUT2D eigenvalue weighted by atomic mass is 32.2. The van der Waals surface area contributed by atoms with Gasteiger partial charge in [-0.15, -0.1) is 10.2 Å². The Labute approximate surface area is 126 Å². The molecule has 3 rings (SSSR count). The van der Waals surface area contributed by atoms with Crippen molar-refractivity contribution in [2.75, 3.05) is 14.1 Å². The summed E-state index contributed by atoms with van der Waals surface area (Å²) in [5.41, 5.74) is 1.70. The van der Waals surface area contributed by atoms with E-state index in [-0.39, 0.29) is 11.2 Å². The Bertz CT molecular complexity index is 707. The van der Waals surface area contributed by atoms with E-state index in [1.807, 2.05) is 37.3 Å². The largest absolute Gasteiger partial charge is 0.348 e. The van der Waals surface area contributed by atoms with Crippen molar-refractivity contribution < 1.29 is 4.79 Å². The number of carbonyl (C=O) groups excluding carboxylic acids is 1. The summed E-state index contributed by atoms with van der Waals surface area (Å²) in [5, 5.41) is 13.2. The molecule has 6 nitrogen and oxygen atoms in total. The van der Waals surface area contributed by atoms with Crippen molar-refractivity contribution in [2.24, 2.45) is 5.10 Å².